The molecule has 1 fully saturated rings. The van der Waals surface area contributed by atoms with Crippen LogP contribution in [0.25, 0.3) is 0 Å². The standard InChI is InChI=1S/C23H32N6O3/c1-17(14-21(30)25-18-8-7-9-19(15-18)27-11-5-6-12-27)24-22(31)16-29-23(32)28-13-4-2-3-10-20(28)26-29/h7-9,15,17H,2-6,10-14,16H2,1H3,(H,24,31)(H,25,30). The first-order chi connectivity index (χ1) is 15.5. The van der Waals surface area contributed by atoms with Crippen LogP contribution in [0, 0.1) is 0 Å². The summed E-state index contributed by atoms with van der Waals surface area (Å²) in [5.74, 6) is 0.267. The Morgan fingerprint density at radius 2 is 1.84 bits per heavy atom. The number of nitrogens with zero attached hydrogens (tertiary/aromatic N) is 4. The van der Waals surface area contributed by atoms with Crippen LogP contribution in [0.15, 0.2) is 29.1 Å². The molecule has 2 amide bonds. The number of anilines is 2. The molecule has 9 heteroatoms. The molecular formula is C23H32N6O3. The lowest BCUT2D eigenvalue weighted by molar-refractivity contribution is -0.123. The van der Waals surface area contributed by atoms with Crippen LogP contribution in [-0.4, -0.2) is 45.3 Å². The maximum atomic E-state index is 12.5. The predicted octanol–water partition coefficient (Wildman–Crippen LogP) is 1.90. The summed E-state index contributed by atoms with van der Waals surface area (Å²) in [6.07, 6.45) is 6.36. The monoisotopic (exact) mass is 440 g/mol. The molecule has 3 heterocycles. The van der Waals surface area contributed by atoms with E-state index in [2.05, 4.69) is 26.7 Å². The van der Waals surface area contributed by atoms with E-state index in [4.69, 9.17) is 0 Å². The number of carbonyl (C=O) groups excluding carboxylic acids is 2. The van der Waals surface area contributed by atoms with Gasteiger partial charge in [0.2, 0.25) is 11.8 Å². The number of aromatic nitrogens is 3. The maximum absolute atomic E-state index is 12.5. The van der Waals surface area contributed by atoms with E-state index < -0.39 is 0 Å². The average Bonchev–Trinajstić information content (AvgIpc) is 3.31. The Morgan fingerprint density at radius 3 is 2.66 bits per heavy atom. The summed E-state index contributed by atoms with van der Waals surface area (Å²) in [7, 11) is 0. The van der Waals surface area contributed by atoms with E-state index in [1.807, 2.05) is 18.2 Å². The Balaban J connectivity index is 1.28. The normalized spacial score (nSPS) is 16.8. The van der Waals surface area contributed by atoms with Crippen LogP contribution in [0.2, 0.25) is 0 Å². The number of carbonyl (C=O) groups is 2. The van der Waals surface area contributed by atoms with Gasteiger partial charge >= 0.3 is 5.69 Å². The van der Waals surface area contributed by atoms with Crippen molar-refractivity contribution in [2.75, 3.05) is 23.3 Å². The largest absolute Gasteiger partial charge is 0.371 e. The molecule has 1 atom stereocenters. The number of nitrogens with one attached hydrogen (secondary N) is 2. The van der Waals surface area contributed by atoms with Crippen molar-refractivity contribution in [3.8, 4) is 0 Å². The Kier molecular flexibility index (Phi) is 6.92. The fraction of sp³-hybridized carbons (Fsp3) is 0.565. The molecule has 1 saturated heterocycles. The number of hydrogen-bond acceptors (Lipinski definition) is 5. The average molecular weight is 441 g/mol. The van der Waals surface area contributed by atoms with E-state index >= 15 is 0 Å². The highest BCUT2D eigenvalue weighted by atomic mass is 16.2. The number of rotatable bonds is 7. The molecule has 2 aliphatic heterocycles. The molecule has 0 radical (unpaired) electrons. The lowest BCUT2D eigenvalue weighted by Gasteiger charge is -2.19. The van der Waals surface area contributed by atoms with E-state index in [9.17, 15) is 14.4 Å². The van der Waals surface area contributed by atoms with Crippen molar-refractivity contribution in [2.24, 2.45) is 0 Å². The third-order valence-corrected chi connectivity index (χ3v) is 6.07. The lowest BCUT2D eigenvalue weighted by Crippen LogP contribution is -2.39. The first-order valence-electron chi connectivity index (χ1n) is 11.6. The highest BCUT2D eigenvalue weighted by Crippen LogP contribution is 2.23. The van der Waals surface area contributed by atoms with Gasteiger partial charge in [-0.2, -0.15) is 5.10 Å². The first kappa shape index (κ1) is 22.1. The second-order valence-electron chi connectivity index (χ2n) is 8.78. The van der Waals surface area contributed by atoms with Gasteiger partial charge in [-0.25, -0.2) is 9.48 Å². The zero-order valence-electron chi connectivity index (χ0n) is 18.7. The van der Waals surface area contributed by atoms with Gasteiger partial charge in [-0.1, -0.05) is 12.5 Å². The molecule has 0 bridgehead atoms. The summed E-state index contributed by atoms with van der Waals surface area (Å²) in [6.45, 7) is 4.39. The third-order valence-electron chi connectivity index (χ3n) is 6.07. The minimum absolute atomic E-state index is 0.136. The van der Waals surface area contributed by atoms with E-state index in [-0.39, 0.29) is 36.5 Å². The minimum Gasteiger partial charge on any atom is -0.371 e. The van der Waals surface area contributed by atoms with Crippen molar-refractivity contribution >= 4 is 23.2 Å². The van der Waals surface area contributed by atoms with E-state index in [1.165, 1.54) is 17.5 Å². The number of fused-ring (bicyclic) bond motifs is 1. The molecular weight excluding hydrogens is 408 g/mol. The van der Waals surface area contributed by atoms with Gasteiger partial charge in [-0.05, 0) is 50.8 Å². The maximum Gasteiger partial charge on any atom is 0.346 e. The molecule has 2 aliphatic rings. The summed E-state index contributed by atoms with van der Waals surface area (Å²) < 4.78 is 2.90. The molecule has 1 aromatic carbocycles. The van der Waals surface area contributed by atoms with Crippen LogP contribution >= 0.6 is 0 Å². The lowest BCUT2D eigenvalue weighted by atomic mass is 10.2. The van der Waals surface area contributed by atoms with Gasteiger partial charge in [-0.15, -0.1) is 0 Å². The van der Waals surface area contributed by atoms with Crippen LogP contribution in [0.3, 0.4) is 0 Å². The number of amides is 2. The van der Waals surface area contributed by atoms with Gasteiger partial charge < -0.3 is 15.5 Å². The highest BCUT2D eigenvalue weighted by molar-refractivity contribution is 5.92. The van der Waals surface area contributed by atoms with Crippen LogP contribution in [0.4, 0.5) is 11.4 Å². The van der Waals surface area contributed by atoms with Gasteiger partial charge in [0.15, 0.2) is 0 Å². The molecule has 172 valence electrons. The number of benzene rings is 1. The van der Waals surface area contributed by atoms with Gasteiger partial charge in [0.25, 0.3) is 0 Å². The number of hydrogen-bond donors (Lipinski definition) is 2. The molecule has 32 heavy (non-hydrogen) atoms. The molecule has 4 rings (SSSR count). The van der Waals surface area contributed by atoms with Gasteiger partial charge in [0, 0.05) is 49.9 Å². The van der Waals surface area contributed by atoms with Crippen LogP contribution in [0.1, 0.15) is 51.3 Å². The van der Waals surface area contributed by atoms with Crippen molar-refractivity contribution in [1.29, 1.82) is 0 Å². The fourth-order valence-corrected chi connectivity index (χ4v) is 4.48. The van der Waals surface area contributed by atoms with Crippen LogP contribution in [0.5, 0.6) is 0 Å². The van der Waals surface area contributed by atoms with Gasteiger partial charge in [0.1, 0.15) is 12.4 Å². The summed E-state index contributed by atoms with van der Waals surface area (Å²) in [5.41, 5.74) is 1.63. The van der Waals surface area contributed by atoms with Crippen LogP contribution in [-0.2, 0) is 29.1 Å². The molecule has 0 saturated carbocycles. The zero-order chi connectivity index (χ0) is 22.5. The quantitative estimate of drug-likeness (QED) is 0.685. The Hall–Kier alpha value is -3.10. The summed E-state index contributed by atoms with van der Waals surface area (Å²) >= 11 is 0. The van der Waals surface area contributed by atoms with E-state index in [1.54, 1.807) is 11.5 Å². The minimum atomic E-state index is -0.361. The first-order valence-corrected chi connectivity index (χ1v) is 11.6. The smallest absolute Gasteiger partial charge is 0.346 e. The molecule has 2 N–H and O–H groups in total. The Morgan fingerprint density at radius 1 is 1.06 bits per heavy atom. The summed E-state index contributed by atoms with van der Waals surface area (Å²) in [5, 5.41) is 10.1. The van der Waals surface area contributed by atoms with Gasteiger partial charge in [0.05, 0.1) is 0 Å². The van der Waals surface area contributed by atoms with Crippen LogP contribution < -0.4 is 21.2 Å². The third kappa shape index (κ3) is 5.38. The molecule has 1 aromatic heterocycles. The Labute approximate surface area is 187 Å². The molecule has 0 spiro atoms. The van der Waals surface area contributed by atoms with Crippen molar-refractivity contribution in [2.45, 2.75) is 71.0 Å². The molecule has 2 aromatic rings. The molecule has 9 nitrogen and oxygen atoms in total. The van der Waals surface area contributed by atoms with Crippen molar-refractivity contribution in [1.82, 2.24) is 19.7 Å². The SMILES string of the molecule is CC(CC(=O)Nc1cccc(N2CCCC2)c1)NC(=O)Cn1nc2n(c1=O)CCCCC2. The second kappa shape index (κ2) is 10.0. The summed E-state index contributed by atoms with van der Waals surface area (Å²) in [4.78, 5) is 39.7. The zero-order valence-corrected chi connectivity index (χ0v) is 18.7. The summed E-state index contributed by atoms with van der Waals surface area (Å²) in [6, 6.07) is 7.50. The topological polar surface area (TPSA) is 101 Å². The van der Waals surface area contributed by atoms with Gasteiger partial charge in [-0.3, -0.25) is 14.2 Å². The van der Waals surface area contributed by atoms with Crippen molar-refractivity contribution in [3.05, 3.63) is 40.6 Å². The second-order valence-corrected chi connectivity index (χ2v) is 8.78. The van der Waals surface area contributed by atoms with Crippen molar-refractivity contribution in [3.63, 3.8) is 0 Å². The number of aryl methyl sites for hydroxylation is 1. The Bertz CT molecular complexity index is 1020. The fourth-order valence-electron chi connectivity index (χ4n) is 4.48. The molecule has 0 aliphatic carbocycles. The van der Waals surface area contributed by atoms with E-state index in [0.29, 0.717) is 6.54 Å². The highest BCUT2D eigenvalue weighted by Gasteiger charge is 2.19. The predicted molar refractivity (Wildman–Crippen MR) is 123 cm³/mol. The van der Waals surface area contributed by atoms with E-state index in [0.717, 1.165) is 56.0 Å². The van der Waals surface area contributed by atoms with Crippen molar-refractivity contribution < 1.29 is 9.59 Å². The molecule has 1 unspecified atom stereocenters.